The maximum absolute atomic E-state index is 11.9. The molecule has 0 aliphatic heterocycles. The molecule has 3 nitrogen and oxygen atoms in total. The van der Waals surface area contributed by atoms with E-state index in [2.05, 4.69) is 22.6 Å². The van der Waals surface area contributed by atoms with Crippen molar-refractivity contribution in [2.45, 2.75) is 74.9 Å². The van der Waals surface area contributed by atoms with Crippen LogP contribution in [0.5, 0.6) is 0 Å². The SMILES string of the molecule is CCC(I)C(=O)OC1CCCC1C(O)(CC)CC. The van der Waals surface area contributed by atoms with E-state index in [4.69, 9.17) is 4.74 Å². The summed E-state index contributed by atoms with van der Waals surface area (Å²) in [5.74, 6) is -0.0125. The fourth-order valence-electron chi connectivity index (χ4n) is 2.85. The highest BCUT2D eigenvalue weighted by molar-refractivity contribution is 14.1. The van der Waals surface area contributed by atoms with Crippen molar-refractivity contribution in [2.24, 2.45) is 5.92 Å². The van der Waals surface area contributed by atoms with Gasteiger partial charge in [0, 0.05) is 5.92 Å². The van der Waals surface area contributed by atoms with E-state index in [0.717, 1.165) is 38.5 Å². The zero-order valence-electron chi connectivity index (χ0n) is 11.6. The van der Waals surface area contributed by atoms with E-state index in [1.165, 1.54) is 0 Å². The van der Waals surface area contributed by atoms with Crippen molar-refractivity contribution in [1.29, 1.82) is 0 Å². The second-order valence-electron chi connectivity index (χ2n) is 5.20. The summed E-state index contributed by atoms with van der Waals surface area (Å²) in [7, 11) is 0. The van der Waals surface area contributed by atoms with Gasteiger partial charge in [0.15, 0.2) is 0 Å². The first-order valence-electron chi connectivity index (χ1n) is 7.05. The van der Waals surface area contributed by atoms with Gasteiger partial charge in [0.1, 0.15) is 10.0 Å². The maximum Gasteiger partial charge on any atom is 0.319 e. The maximum atomic E-state index is 11.9. The molecule has 0 aromatic rings. The van der Waals surface area contributed by atoms with Gasteiger partial charge in [-0.3, -0.25) is 4.79 Å². The molecule has 3 unspecified atom stereocenters. The van der Waals surface area contributed by atoms with Crippen molar-refractivity contribution >= 4 is 28.6 Å². The average Bonchev–Trinajstić information content (AvgIpc) is 2.85. The lowest BCUT2D eigenvalue weighted by atomic mass is 9.80. The monoisotopic (exact) mass is 368 g/mol. The van der Waals surface area contributed by atoms with Crippen LogP contribution >= 0.6 is 22.6 Å². The van der Waals surface area contributed by atoms with E-state index >= 15 is 0 Å². The van der Waals surface area contributed by atoms with Gasteiger partial charge in [-0.25, -0.2) is 0 Å². The van der Waals surface area contributed by atoms with Crippen molar-refractivity contribution in [3.05, 3.63) is 0 Å². The third-order valence-electron chi connectivity index (χ3n) is 4.25. The number of carbonyl (C=O) groups is 1. The Morgan fingerprint density at radius 1 is 1.39 bits per heavy atom. The first-order valence-corrected chi connectivity index (χ1v) is 8.30. The highest BCUT2D eigenvalue weighted by Gasteiger charge is 2.43. The first kappa shape index (κ1) is 16.2. The largest absolute Gasteiger partial charge is 0.461 e. The van der Waals surface area contributed by atoms with Crippen LogP contribution < -0.4 is 0 Å². The van der Waals surface area contributed by atoms with Gasteiger partial charge in [-0.1, -0.05) is 43.4 Å². The first-order chi connectivity index (χ1) is 8.48. The summed E-state index contributed by atoms with van der Waals surface area (Å²) in [5.41, 5.74) is -0.672. The minimum absolute atomic E-state index is 0.0693. The second kappa shape index (κ2) is 7.08. The van der Waals surface area contributed by atoms with Gasteiger partial charge in [0.2, 0.25) is 0 Å². The Morgan fingerprint density at radius 2 is 2.00 bits per heavy atom. The number of esters is 1. The van der Waals surface area contributed by atoms with Crippen LogP contribution in [0.1, 0.15) is 59.3 Å². The molecule has 106 valence electrons. The third kappa shape index (κ3) is 3.59. The number of hydrogen-bond donors (Lipinski definition) is 1. The van der Waals surface area contributed by atoms with Crippen LogP contribution in [0.2, 0.25) is 0 Å². The van der Waals surface area contributed by atoms with Crippen molar-refractivity contribution in [2.75, 3.05) is 0 Å². The zero-order valence-corrected chi connectivity index (χ0v) is 13.8. The normalized spacial score (nSPS) is 26.1. The van der Waals surface area contributed by atoms with E-state index in [9.17, 15) is 9.90 Å². The van der Waals surface area contributed by atoms with Gasteiger partial charge in [-0.2, -0.15) is 0 Å². The number of alkyl halides is 1. The molecule has 18 heavy (non-hydrogen) atoms. The number of aliphatic hydroxyl groups is 1. The second-order valence-corrected chi connectivity index (χ2v) is 6.70. The van der Waals surface area contributed by atoms with Gasteiger partial charge in [-0.05, 0) is 38.5 Å². The molecule has 0 radical (unpaired) electrons. The molecule has 0 spiro atoms. The number of halogens is 1. The number of hydrogen-bond acceptors (Lipinski definition) is 3. The van der Waals surface area contributed by atoms with Gasteiger partial charge in [0.25, 0.3) is 0 Å². The van der Waals surface area contributed by atoms with Crippen molar-refractivity contribution < 1.29 is 14.6 Å². The fourth-order valence-corrected chi connectivity index (χ4v) is 2.99. The van der Waals surface area contributed by atoms with Gasteiger partial charge >= 0.3 is 5.97 Å². The molecule has 0 saturated heterocycles. The Balaban J connectivity index is 2.68. The molecule has 1 N–H and O–H groups in total. The Hall–Kier alpha value is 0.160. The number of ether oxygens (including phenoxy) is 1. The van der Waals surface area contributed by atoms with Gasteiger partial charge in [-0.15, -0.1) is 0 Å². The molecular formula is C14H25IO3. The lowest BCUT2D eigenvalue weighted by Crippen LogP contribution is -2.43. The Labute approximate surface area is 124 Å². The fraction of sp³-hybridized carbons (Fsp3) is 0.929. The molecular weight excluding hydrogens is 343 g/mol. The van der Waals surface area contributed by atoms with Crippen LogP contribution in [0.3, 0.4) is 0 Å². The zero-order chi connectivity index (χ0) is 13.8. The molecule has 1 aliphatic carbocycles. The number of rotatable bonds is 6. The molecule has 0 aromatic heterocycles. The molecule has 0 amide bonds. The van der Waals surface area contributed by atoms with Crippen LogP contribution in [-0.2, 0) is 9.53 Å². The molecule has 0 aromatic carbocycles. The molecule has 1 aliphatic rings. The lowest BCUT2D eigenvalue weighted by Gasteiger charge is -2.35. The predicted molar refractivity (Wildman–Crippen MR) is 80.9 cm³/mol. The lowest BCUT2D eigenvalue weighted by molar-refractivity contribution is -0.156. The molecule has 4 heteroatoms. The molecule has 1 rings (SSSR count). The van der Waals surface area contributed by atoms with Crippen LogP contribution in [0.25, 0.3) is 0 Å². The minimum atomic E-state index is -0.672. The predicted octanol–water partition coefficient (Wildman–Crippen LogP) is 3.46. The van der Waals surface area contributed by atoms with E-state index in [1.807, 2.05) is 20.8 Å². The summed E-state index contributed by atoms with van der Waals surface area (Å²) in [5, 5.41) is 10.6. The van der Waals surface area contributed by atoms with Crippen molar-refractivity contribution in [3.8, 4) is 0 Å². The third-order valence-corrected chi connectivity index (χ3v) is 5.64. The van der Waals surface area contributed by atoms with Crippen molar-refractivity contribution in [3.63, 3.8) is 0 Å². The molecule has 1 saturated carbocycles. The smallest absolute Gasteiger partial charge is 0.319 e. The van der Waals surface area contributed by atoms with E-state index < -0.39 is 5.60 Å². The Morgan fingerprint density at radius 3 is 2.50 bits per heavy atom. The summed E-state index contributed by atoms with van der Waals surface area (Å²) in [6, 6.07) is 0. The quantitative estimate of drug-likeness (QED) is 0.444. The molecule has 3 atom stereocenters. The van der Waals surface area contributed by atoms with Gasteiger partial charge in [0.05, 0.1) is 5.60 Å². The van der Waals surface area contributed by atoms with Crippen LogP contribution in [-0.4, -0.2) is 26.7 Å². The highest BCUT2D eigenvalue weighted by Crippen LogP contribution is 2.40. The summed E-state index contributed by atoms with van der Waals surface area (Å²) >= 11 is 2.13. The highest BCUT2D eigenvalue weighted by atomic mass is 127. The van der Waals surface area contributed by atoms with Crippen LogP contribution in [0.15, 0.2) is 0 Å². The minimum Gasteiger partial charge on any atom is -0.461 e. The number of carbonyl (C=O) groups excluding carboxylic acids is 1. The van der Waals surface area contributed by atoms with Gasteiger partial charge < -0.3 is 9.84 Å². The summed E-state index contributed by atoms with van der Waals surface area (Å²) in [6.07, 6.45) is 5.06. The average molecular weight is 368 g/mol. The van der Waals surface area contributed by atoms with Crippen molar-refractivity contribution in [1.82, 2.24) is 0 Å². The standard InChI is InChI=1S/C14H25IO3/c1-4-11(15)13(16)18-12-9-7-8-10(12)14(17,5-2)6-3/h10-12,17H,4-9H2,1-3H3. The Kier molecular flexibility index (Phi) is 6.38. The molecule has 0 bridgehead atoms. The Bertz CT molecular complexity index is 276. The summed E-state index contributed by atoms with van der Waals surface area (Å²) in [4.78, 5) is 11.9. The van der Waals surface area contributed by atoms with Crippen LogP contribution in [0, 0.1) is 5.92 Å². The molecule has 1 fully saturated rings. The summed E-state index contributed by atoms with van der Waals surface area (Å²) in [6.45, 7) is 6.00. The van der Waals surface area contributed by atoms with E-state index in [-0.39, 0.29) is 21.9 Å². The topological polar surface area (TPSA) is 46.5 Å². The van der Waals surface area contributed by atoms with E-state index in [0.29, 0.717) is 0 Å². The van der Waals surface area contributed by atoms with E-state index in [1.54, 1.807) is 0 Å². The van der Waals surface area contributed by atoms with Crippen LogP contribution in [0.4, 0.5) is 0 Å². The molecule has 0 heterocycles. The summed E-state index contributed by atoms with van der Waals surface area (Å²) < 4.78 is 5.55.